The Morgan fingerprint density at radius 3 is 2.87 bits per heavy atom. The molecule has 0 aromatic carbocycles. The molecular weight excluding hydrogens is 384 g/mol. The summed E-state index contributed by atoms with van der Waals surface area (Å²) < 4.78 is 1.85. The van der Waals surface area contributed by atoms with Gasteiger partial charge in [-0.3, -0.25) is 10.1 Å². The van der Waals surface area contributed by atoms with Crippen LogP contribution >= 0.6 is 0 Å². The summed E-state index contributed by atoms with van der Waals surface area (Å²) in [6.07, 6.45) is 14.4. The quantitative estimate of drug-likeness (QED) is 0.575. The molecule has 0 saturated carbocycles. The summed E-state index contributed by atoms with van der Waals surface area (Å²) in [4.78, 5) is 4.41. The molecule has 6 nitrogen and oxygen atoms in total. The number of nitrogens with one attached hydrogen (secondary N) is 1. The molecule has 4 rings (SSSR count). The summed E-state index contributed by atoms with van der Waals surface area (Å²) in [6.45, 7) is 10.8. The third-order valence-corrected chi connectivity index (χ3v) is 6.46. The molecule has 31 heavy (non-hydrogen) atoms. The molecule has 3 aliphatic rings. The fraction of sp³-hybridized carbons (Fsp3) is 0.440. The Balaban J connectivity index is 1.58. The Hall–Kier alpha value is -3.02. The third-order valence-electron chi connectivity index (χ3n) is 6.46. The smallest absolute Gasteiger partial charge is 0.131 e. The molecule has 2 aliphatic heterocycles. The van der Waals surface area contributed by atoms with Gasteiger partial charge in [0, 0.05) is 68.4 Å². The first kappa shape index (κ1) is 21.2. The van der Waals surface area contributed by atoms with E-state index in [1.165, 1.54) is 22.4 Å². The van der Waals surface area contributed by atoms with Crippen LogP contribution in [0, 0.1) is 11.3 Å². The van der Waals surface area contributed by atoms with Crippen molar-refractivity contribution in [1.82, 2.24) is 19.6 Å². The zero-order valence-electron chi connectivity index (χ0n) is 19.0. The minimum Gasteiger partial charge on any atom is -0.402 e. The van der Waals surface area contributed by atoms with E-state index in [-0.39, 0.29) is 0 Å². The van der Waals surface area contributed by atoms with Gasteiger partial charge >= 0.3 is 0 Å². The van der Waals surface area contributed by atoms with E-state index >= 15 is 0 Å². The van der Waals surface area contributed by atoms with E-state index in [9.17, 15) is 0 Å². The minimum atomic E-state index is 0.503. The molecule has 0 saturated heterocycles. The lowest BCUT2D eigenvalue weighted by molar-refractivity contribution is 0.348. The number of aromatic nitrogens is 2. The van der Waals surface area contributed by atoms with Gasteiger partial charge < -0.3 is 15.5 Å². The predicted molar refractivity (Wildman–Crippen MR) is 126 cm³/mol. The van der Waals surface area contributed by atoms with Crippen molar-refractivity contribution in [1.29, 1.82) is 5.41 Å². The average Bonchev–Trinajstić information content (AvgIpc) is 3.03. The maximum Gasteiger partial charge on any atom is 0.131 e. The van der Waals surface area contributed by atoms with Crippen LogP contribution in [0.5, 0.6) is 0 Å². The minimum absolute atomic E-state index is 0.503. The van der Waals surface area contributed by atoms with E-state index < -0.39 is 0 Å². The second-order valence-corrected chi connectivity index (χ2v) is 9.18. The van der Waals surface area contributed by atoms with Gasteiger partial charge in [0.2, 0.25) is 0 Å². The molecule has 1 aromatic heterocycles. The lowest BCUT2D eigenvalue weighted by Crippen LogP contribution is -2.43. The fourth-order valence-electron chi connectivity index (χ4n) is 4.73. The van der Waals surface area contributed by atoms with E-state index in [1.54, 1.807) is 0 Å². The molecule has 1 aliphatic carbocycles. The van der Waals surface area contributed by atoms with Crippen LogP contribution < -0.4 is 5.73 Å². The predicted octanol–water partition coefficient (Wildman–Crippen LogP) is 3.87. The van der Waals surface area contributed by atoms with Gasteiger partial charge in [-0.05, 0) is 48.5 Å². The molecule has 0 fully saturated rings. The highest BCUT2D eigenvalue weighted by Crippen LogP contribution is 2.34. The first-order valence-corrected chi connectivity index (χ1v) is 11.1. The van der Waals surface area contributed by atoms with Gasteiger partial charge in [-0.25, -0.2) is 0 Å². The maximum absolute atomic E-state index is 9.09. The first-order chi connectivity index (χ1) is 14.8. The molecule has 1 aromatic rings. The second kappa shape index (κ2) is 8.61. The summed E-state index contributed by atoms with van der Waals surface area (Å²) in [6, 6.07) is 0. The summed E-state index contributed by atoms with van der Waals surface area (Å²) in [5.41, 5.74) is 14.3. The van der Waals surface area contributed by atoms with Gasteiger partial charge in [-0.1, -0.05) is 25.7 Å². The van der Waals surface area contributed by atoms with Crippen LogP contribution in [-0.2, 0) is 13.5 Å². The Morgan fingerprint density at radius 2 is 2.16 bits per heavy atom. The van der Waals surface area contributed by atoms with Crippen molar-refractivity contribution in [3.63, 3.8) is 0 Å². The molecule has 164 valence electrons. The number of hydrogen-bond donors (Lipinski definition) is 2. The van der Waals surface area contributed by atoms with E-state index in [1.807, 2.05) is 24.9 Å². The van der Waals surface area contributed by atoms with E-state index in [0.29, 0.717) is 18.3 Å². The van der Waals surface area contributed by atoms with E-state index in [0.717, 1.165) is 55.7 Å². The lowest BCUT2D eigenvalue weighted by Gasteiger charge is -2.39. The molecule has 0 radical (unpaired) electrons. The topological polar surface area (TPSA) is 74.2 Å². The summed E-state index contributed by atoms with van der Waals surface area (Å²) >= 11 is 0. The number of rotatable bonds is 4. The van der Waals surface area contributed by atoms with Crippen LogP contribution in [0.3, 0.4) is 0 Å². The number of amidine groups is 1. The van der Waals surface area contributed by atoms with Gasteiger partial charge in [-0.2, -0.15) is 5.10 Å². The van der Waals surface area contributed by atoms with Crippen molar-refractivity contribution in [3.8, 4) is 0 Å². The van der Waals surface area contributed by atoms with Crippen LogP contribution in [0.15, 0.2) is 71.0 Å². The standard InChI is InChI=1S/C25H34N6/c1-17(2)30-10-9-23(26)22(16-30)25(27)31-14-18(3)11-21-7-5-19(6-8-24(21)31)12-20-13-28-29(4)15-20/h5-6,8,13,15,18,27H,1,7,9-12,14,16,26H2,2-4H3. The number of aryl methyl sites for hydroxylation is 1. The molecule has 3 heterocycles. The van der Waals surface area contributed by atoms with Crippen molar-refractivity contribution in [2.24, 2.45) is 18.7 Å². The van der Waals surface area contributed by atoms with Crippen LogP contribution in [0.1, 0.15) is 38.7 Å². The zero-order chi connectivity index (χ0) is 22.1. The number of hydrogen-bond acceptors (Lipinski definition) is 4. The average molecular weight is 419 g/mol. The summed E-state index contributed by atoms with van der Waals surface area (Å²) in [5.74, 6) is 1.05. The number of nitrogens with two attached hydrogens (primary N) is 1. The second-order valence-electron chi connectivity index (χ2n) is 9.18. The van der Waals surface area contributed by atoms with Crippen molar-refractivity contribution < 1.29 is 0 Å². The highest BCUT2D eigenvalue weighted by molar-refractivity contribution is 5.98. The van der Waals surface area contributed by atoms with Crippen LogP contribution in [0.4, 0.5) is 0 Å². The largest absolute Gasteiger partial charge is 0.402 e. The molecular formula is C25H34N6. The van der Waals surface area contributed by atoms with Crippen LogP contribution in [0.2, 0.25) is 0 Å². The summed E-state index contributed by atoms with van der Waals surface area (Å²) in [5, 5.41) is 13.4. The Morgan fingerprint density at radius 1 is 1.35 bits per heavy atom. The van der Waals surface area contributed by atoms with Crippen molar-refractivity contribution in [2.75, 3.05) is 19.6 Å². The summed E-state index contributed by atoms with van der Waals surface area (Å²) in [7, 11) is 1.95. The SMILES string of the molecule is C=C(C)N1CCC(N)=C(C(=N)N2CC(C)CC3=C2C=CC(Cc2cnn(C)c2)=CC3)C1. The van der Waals surface area contributed by atoms with E-state index in [4.69, 9.17) is 11.1 Å². The molecule has 0 spiro atoms. The first-order valence-electron chi connectivity index (χ1n) is 11.1. The fourth-order valence-corrected chi connectivity index (χ4v) is 4.73. The van der Waals surface area contributed by atoms with Gasteiger partial charge in [0.1, 0.15) is 5.84 Å². The zero-order valence-corrected chi connectivity index (χ0v) is 19.0. The van der Waals surface area contributed by atoms with Gasteiger partial charge in [-0.15, -0.1) is 0 Å². The normalized spacial score (nSPS) is 21.8. The van der Waals surface area contributed by atoms with Gasteiger partial charge in [0.15, 0.2) is 0 Å². The molecule has 0 amide bonds. The van der Waals surface area contributed by atoms with Gasteiger partial charge in [0.05, 0.1) is 6.20 Å². The highest BCUT2D eigenvalue weighted by Gasteiger charge is 2.30. The molecule has 1 atom stereocenters. The third kappa shape index (κ3) is 4.53. The van der Waals surface area contributed by atoms with Gasteiger partial charge in [0.25, 0.3) is 0 Å². The monoisotopic (exact) mass is 418 g/mol. The lowest BCUT2D eigenvalue weighted by atomic mass is 9.91. The Kier molecular flexibility index (Phi) is 5.90. The Bertz CT molecular complexity index is 1020. The molecule has 3 N–H and O–H groups in total. The molecule has 6 heteroatoms. The maximum atomic E-state index is 9.09. The number of nitrogens with zero attached hydrogens (tertiary/aromatic N) is 4. The van der Waals surface area contributed by atoms with Crippen LogP contribution in [-0.4, -0.2) is 45.1 Å². The van der Waals surface area contributed by atoms with Crippen molar-refractivity contribution >= 4 is 5.84 Å². The molecule has 1 unspecified atom stereocenters. The number of allylic oxidation sites excluding steroid dienone is 6. The Labute approximate surface area is 185 Å². The van der Waals surface area contributed by atoms with Crippen LogP contribution in [0.25, 0.3) is 0 Å². The van der Waals surface area contributed by atoms with E-state index in [2.05, 4.69) is 52.8 Å². The van der Waals surface area contributed by atoms with Crippen molar-refractivity contribution in [3.05, 3.63) is 76.6 Å². The highest BCUT2D eigenvalue weighted by atomic mass is 15.2. The van der Waals surface area contributed by atoms with Crippen molar-refractivity contribution in [2.45, 2.75) is 39.5 Å². The molecule has 0 bridgehead atoms.